The van der Waals surface area contributed by atoms with Gasteiger partial charge in [-0.05, 0) is 35.9 Å². The summed E-state index contributed by atoms with van der Waals surface area (Å²) in [7, 11) is -3.51. The van der Waals surface area contributed by atoms with Crippen LogP contribution in [0.2, 0.25) is 0 Å². The van der Waals surface area contributed by atoms with E-state index in [2.05, 4.69) is 9.97 Å². The fraction of sp³-hybridized carbons (Fsp3) is 0.120. The maximum absolute atomic E-state index is 13.9. The van der Waals surface area contributed by atoms with Crippen LogP contribution >= 0.6 is 0 Å². The van der Waals surface area contributed by atoms with Crippen molar-refractivity contribution in [3.05, 3.63) is 101 Å². The van der Waals surface area contributed by atoms with Crippen LogP contribution in [0.1, 0.15) is 33.4 Å². The Kier molecular flexibility index (Phi) is 6.51. The fourth-order valence-corrected chi connectivity index (χ4v) is 4.41. The molecule has 3 N–H and O–H groups in total. The van der Waals surface area contributed by atoms with Crippen molar-refractivity contribution in [2.45, 2.75) is 6.10 Å². The number of aromatic amines is 1. The summed E-state index contributed by atoms with van der Waals surface area (Å²) in [5.41, 5.74) is 0.572. The number of aliphatic hydroxyl groups excluding tert-OH is 2. The van der Waals surface area contributed by atoms with Crippen LogP contribution in [0.15, 0.2) is 66.7 Å². The molecule has 0 radical (unpaired) electrons. The van der Waals surface area contributed by atoms with Gasteiger partial charge in [0.1, 0.15) is 38.6 Å². The summed E-state index contributed by atoms with van der Waals surface area (Å²) < 4.78 is 50.9. The molecule has 3 aromatic carbocycles. The van der Waals surface area contributed by atoms with Gasteiger partial charge in [-0.1, -0.05) is 30.3 Å². The van der Waals surface area contributed by atoms with Gasteiger partial charge in [-0.15, -0.1) is 0 Å². The number of aliphatic hydroxyl groups is 2. The van der Waals surface area contributed by atoms with E-state index < -0.39 is 44.9 Å². The quantitative estimate of drug-likeness (QED) is 0.199. The molecule has 0 aliphatic heterocycles. The highest BCUT2D eigenvalue weighted by Gasteiger charge is 2.25. The predicted octanol–water partition coefficient (Wildman–Crippen LogP) is 4.23. The van der Waals surface area contributed by atoms with Crippen LogP contribution in [0.5, 0.6) is 0 Å². The molecule has 1 unspecified atom stereocenters. The Morgan fingerprint density at radius 1 is 1.00 bits per heavy atom. The number of aromatic nitrogens is 2. The topological polar surface area (TPSA) is 120 Å². The summed E-state index contributed by atoms with van der Waals surface area (Å²) in [6, 6.07) is 14.8. The Hall–Kier alpha value is -3.89. The molecule has 4 aromatic rings. The van der Waals surface area contributed by atoms with Crippen LogP contribution in [0.25, 0.3) is 22.4 Å². The zero-order chi connectivity index (χ0) is 25.3. The highest BCUT2D eigenvalue weighted by molar-refractivity contribution is 7.90. The van der Waals surface area contributed by atoms with E-state index in [-0.39, 0.29) is 28.1 Å². The minimum atomic E-state index is -3.51. The predicted molar refractivity (Wildman–Crippen MR) is 127 cm³/mol. The first kappa shape index (κ1) is 24.2. The van der Waals surface area contributed by atoms with Gasteiger partial charge in [0.05, 0.1) is 22.9 Å². The first-order chi connectivity index (χ1) is 16.5. The first-order valence-electron chi connectivity index (χ1n) is 10.4. The standard InChI is InChI=1S/C25H20F2N2O5S/c1-35(33,34)13-21(30)14-5-4-6-15(9-14)23(31)22(24(32)16-10-17(26)12-18(27)11-16)25-28-19-7-2-3-8-20(19)29-25/h2-12,21,30,32H,13H2,1H3,(H,28,29)/b24-22-. The Balaban J connectivity index is 1.87. The van der Waals surface area contributed by atoms with E-state index in [9.17, 15) is 32.2 Å². The van der Waals surface area contributed by atoms with Crippen molar-refractivity contribution < 1.29 is 32.2 Å². The molecule has 0 aliphatic carbocycles. The van der Waals surface area contributed by atoms with E-state index in [1.54, 1.807) is 24.3 Å². The van der Waals surface area contributed by atoms with E-state index in [1.807, 2.05) is 0 Å². The second kappa shape index (κ2) is 9.40. The normalized spacial score (nSPS) is 13.5. The average molecular weight is 499 g/mol. The molecule has 35 heavy (non-hydrogen) atoms. The molecule has 10 heteroatoms. The Morgan fingerprint density at radius 2 is 1.69 bits per heavy atom. The number of ketones is 1. The summed E-state index contributed by atoms with van der Waals surface area (Å²) in [5.74, 6) is -3.97. The molecule has 7 nitrogen and oxygen atoms in total. The monoisotopic (exact) mass is 498 g/mol. The van der Waals surface area contributed by atoms with Gasteiger partial charge in [0.25, 0.3) is 0 Å². The maximum atomic E-state index is 13.9. The average Bonchev–Trinajstić information content (AvgIpc) is 3.21. The van der Waals surface area contributed by atoms with Crippen molar-refractivity contribution in [1.82, 2.24) is 9.97 Å². The fourth-order valence-electron chi connectivity index (χ4n) is 3.65. The van der Waals surface area contributed by atoms with Gasteiger partial charge >= 0.3 is 0 Å². The van der Waals surface area contributed by atoms with Crippen molar-refractivity contribution in [3.8, 4) is 0 Å². The number of rotatable bonds is 7. The molecule has 4 rings (SSSR count). The molecule has 0 fully saturated rings. The van der Waals surface area contributed by atoms with E-state index in [1.165, 1.54) is 24.3 Å². The summed E-state index contributed by atoms with van der Waals surface area (Å²) in [5, 5.41) is 21.3. The molecule has 0 aliphatic rings. The number of nitrogens with one attached hydrogen (secondary N) is 1. The Morgan fingerprint density at radius 3 is 2.34 bits per heavy atom. The molecular formula is C25H20F2N2O5S. The molecule has 0 saturated heterocycles. The SMILES string of the molecule is CS(=O)(=O)CC(O)c1cccc(C(=O)/C(=C(/O)c2cc(F)cc(F)c2)c2nc3ccccc3[nH]2)c1. The molecule has 1 aromatic heterocycles. The van der Waals surface area contributed by atoms with Crippen LogP contribution in [0.4, 0.5) is 8.78 Å². The van der Waals surface area contributed by atoms with Crippen LogP contribution in [0.3, 0.4) is 0 Å². The lowest BCUT2D eigenvalue weighted by Gasteiger charge is -2.13. The van der Waals surface area contributed by atoms with Gasteiger partial charge in [0, 0.05) is 23.4 Å². The minimum Gasteiger partial charge on any atom is -0.506 e. The number of fused-ring (bicyclic) bond motifs is 1. The number of sulfone groups is 1. The lowest BCUT2D eigenvalue weighted by atomic mass is 9.96. The van der Waals surface area contributed by atoms with Crippen LogP contribution in [0, 0.1) is 11.6 Å². The number of halogens is 2. The van der Waals surface area contributed by atoms with Crippen molar-refractivity contribution in [2.24, 2.45) is 0 Å². The third-order valence-corrected chi connectivity index (χ3v) is 6.14. The van der Waals surface area contributed by atoms with E-state index in [0.29, 0.717) is 17.1 Å². The number of para-hydroxylation sites is 2. The van der Waals surface area contributed by atoms with Gasteiger partial charge in [-0.25, -0.2) is 22.2 Å². The van der Waals surface area contributed by atoms with E-state index in [0.717, 1.165) is 18.4 Å². The summed E-state index contributed by atoms with van der Waals surface area (Å²) in [6.07, 6.45) is -0.411. The molecule has 1 atom stereocenters. The number of hydrogen-bond donors (Lipinski definition) is 3. The lowest BCUT2D eigenvalue weighted by Crippen LogP contribution is -2.14. The second-order valence-corrected chi connectivity index (χ2v) is 10.2. The maximum Gasteiger partial charge on any atom is 0.200 e. The number of H-pyrrole nitrogens is 1. The summed E-state index contributed by atoms with van der Waals surface area (Å²) in [6.45, 7) is 0. The minimum absolute atomic E-state index is 0.00562. The van der Waals surface area contributed by atoms with E-state index in [4.69, 9.17) is 0 Å². The number of imidazole rings is 1. The van der Waals surface area contributed by atoms with E-state index >= 15 is 0 Å². The zero-order valence-corrected chi connectivity index (χ0v) is 19.2. The van der Waals surface area contributed by atoms with Gasteiger partial charge in [0.2, 0.25) is 5.78 Å². The number of nitrogens with zero attached hydrogens (tertiary/aromatic N) is 1. The molecule has 180 valence electrons. The highest BCUT2D eigenvalue weighted by Crippen LogP contribution is 2.30. The molecule has 0 saturated carbocycles. The zero-order valence-electron chi connectivity index (χ0n) is 18.4. The van der Waals surface area contributed by atoms with Crippen LogP contribution in [-0.4, -0.2) is 46.4 Å². The first-order valence-corrected chi connectivity index (χ1v) is 12.4. The molecule has 0 amide bonds. The highest BCUT2D eigenvalue weighted by atomic mass is 32.2. The van der Waals surface area contributed by atoms with Crippen LogP contribution in [-0.2, 0) is 9.84 Å². The molecule has 0 spiro atoms. The summed E-state index contributed by atoms with van der Waals surface area (Å²) >= 11 is 0. The number of carbonyl (C=O) groups excluding carboxylic acids is 1. The van der Waals surface area contributed by atoms with Crippen LogP contribution < -0.4 is 0 Å². The Labute approximate surface area is 199 Å². The second-order valence-electron chi connectivity index (χ2n) is 8.05. The smallest absolute Gasteiger partial charge is 0.200 e. The largest absolute Gasteiger partial charge is 0.506 e. The van der Waals surface area contributed by atoms with Gasteiger partial charge < -0.3 is 15.2 Å². The van der Waals surface area contributed by atoms with Gasteiger partial charge in [-0.2, -0.15) is 0 Å². The van der Waals surface area contributed by atoms with Crippen molar-refractivity contribution >= 4 is 38.0 Å². The number of benzene rings is 3. The number of hydrogen-bond acceptors (Lipinski definition) is 6. The third kappa shape index (κ3) is 5.44. The number of Topliss-reactive ketones (excluding diaryl/α,β-unsaturated/α-hetero) is 1. The number of allylic oxidation sites excluding steroid dienone is 1. The van der Waals surface area contributed by atoms with Crippen molar-refractivity contribution in [3.63, 3.8) is 0 Å². The molecule has 1 heterocycles. The summed E-state index contributed by atoms with van der Waals surface area (Å²) in [4.78, 5) is 20.9. The molecule has 0 bridgehead atoms. The van der Waals surface area contributed by atoms with Crippen molar-refractivity contribution in [2.75, 3.05) is 12.0 Å². The number of carbonyl (C=O) groups is 1. The van der Waals surface area contributed by atoms with Crippen molar-refractivity contribution in [1.29, 1.82) is 0 Å². The van der Waals surface area contributed by atoms with Gasteiger partial charge in [-0.3, -0.25) is 4.79 Å². The Bertz CT molecular complexity index is 1520. The van der Waals surface area contributed by atoms with Gasteiger partial charge in [0.15, 0.2) is 0 Å². The lowest BCUT2D eigenvalue weighted by molar-refractivity contribution is 0.105. The third-order valence-electron chi connectivity index (χ3n) is 5.22. The molecular weight excluding hydrogens is 478 g/mol.